The quantitative estimate of drug-likeness (QED) is 0.332. The average molecular weight is 433 g/mol. The molecule has 1 amide bonds. The van der Waals surface area contributed by atoms with Crippen molar-refractivity contribution in [1.82, 2.24) is 9.80 Å². The Labute approximate surface area is 163 Å². The highest BCUT2D eigenvalue weighted by atomic mass is 79.9. The number of carbonyl (C=O) groups excluding carboxylic acids is 1. The molecule has 4 rings (SSSR count). The van der Waals surface area contributed by atoms with Crippen LogP contribution in [0, 0.1) is 10.4 Å². The topological polar surface area (TPSA) is 86.7 Å². The third-order valence-corrected chi connectivity index (χ3v) is 5.38. The molecule has 0 saturated carbocycles. The smallest absolute Gasteiger partial charge is 0.415 e. The molecule has 27 heavy (non-hydrogen) atoms. The van der Waals surface area contributed by atoms with Crippen molar-refractivity contribution >= 4 is 44.1 Å². The van der Waals surface area contributed by atoms with Crippen LogP contribution in [0.15, 0.2) is 40.9 Å². The number of halogens is 1. The van der Waals surface area contributed by atoms with E-state index in [0.717, 1.165) is 13.1 Å². The number of aromatic nitrogens is 2. The van der Waals surface area contributed by atoms with Crippen molar-refractivity contribution in [3.63, 3.8) is 0 Å². The summed E-state index contributed by atoms with van der Waals surface area (Å²) in [5.74, 6) is 0.0433. The highest BCUT2D eigenvalue weighted by Gasteiger charge is 2.30. The Morgan fingerprint density at radius 2 is 1.63 bits per heavy atom. The number of benzene rings is 2. The molecule has 2 heterocycles. The number of para-hydroxylation sites is 2. The molecule has 9 heteroatoms. The second kappa shape index (κ2) is 6.82. The fourth-order valence-electron chi connectivity index (χ4n) is 3.19. The largest absolute Gasteiger partial charge is 0.617 e. The first kappa shape index (κ1) is 17.7. The number of nitrogens with zero attached hydrogens (tertiary/aromatic N) is 4. The van der Waals surface area contributed by atoms with Gasteiger partial charge in [0.15, 0.2) is 0 Å². The van der Waals surface area contributed by atoms with E-state index in [1.54, 1.807) is 35.2 Å². The molecular weight excluding hydrogens is 416 g/mol. The lowest BCUT2D eigenvalue weighted by Gasteiger charge is -2.31. The van der Waals surface area contributed by atoms with Crippen LogP contribution in [-0.4, -0.2) is 49.1 Å². The molecule has 3 aromatic rings. The molecule has 1 fully saturated rings. The van der Waals surface area contributed by atoms with Crippen molar-refractivity contribution in [3.8, 4) is 5.75 Å². The van der Waals surface area contributed by atoms with E-state index >= 15 is 0 Å². The van der Waals surface area contributed by atoms with Crippen LogP contribution < -0.4 is 14.2 Å². The average Bonchev–Trinajstić information content (AvgIpc) is 2.68. The Hall–Kier alpha value is -2.65. The van der Waals surface area contributed by atoms with E-state index in [1.165, 1.54) is 6.07 Å². The number of amides is 1. The van der Waals surface area contributed by atoms with E-state index < -0.39 is 6.09 Å². The standard InChI is InChI=1S/C18H17BrN4O4/c1-20-8-10-21(11-9-20)18(24)27-17-12(19)6-7-15-16(17)23(26)14-5-3-2-4-13(14)22(15)25/h2-7H,8-11H2,1H3. The summed E-state index contributed by atoms with van der Waals surface area (Å²) in [6.45, 7) is 2.58. The molecule has 0 atom stereocenters. The first-order chi connectivity index (χ1) is 13.0. The first-order valence-corrected chi connectivity index (χ1v) is 9.28. The SMILES string of the molecule is CN1CCN(C(=O)Oc2c(Br)ccc3c2[n+]([O-])c2ccccc2[n+]3[O-])CC1. The van der Waals surface area contributed by atoms with Crippen LogP contribution >= 0.6 is 15.9 Å². The van der Waals surface area contributed by atoms with E-state index in [1.807, 2.05) is 7.05 Å². The van der Waals surface area contributed by atoms with Crippen molar-refractivity contribution in [2.75, 3.05) is 33.2 Å². The third-order valence-electron chi connectivity index (χ3n) is 4.75. The minimum Gasteiger partial charge on any atom is -0.617 e. The number of likely N-dealkylation sites (N-methyl/N-ethyl adjacent to an activating group) is 1. The molecule has 0 spiro atoms. The molecule has 0 radical (unpaired) electrons. The van der Waals surface area contributed by atoms with Crippen LogP contribution in [0.4, 0.5) is 4.79 Å². The molecule has 1 aromatic heterocycles. The molecule has 2 aromatic carbocycles. The van der Waals surface area contributed by atoms with E-state index in [-0.39, 0.29) is 27.8 Å². The summed E-state index contributed by atoms with van der Waals surface area (Å²) in [7, 11) is 1.99. The maximum atomic E-state index is 12.9. The number of piperazine rings is 1. The van der Waals surface area contributed by atoms with E-state index in [2.05, 4.69) is 20.8 Å². The zero-order valence-electron chi connectivity index (χ0n) is 14.6. The van der Waals surface area contributed by atoms with Gasteiger partial charge in [-0.25, -0.2) is 4.79 Å². The fourth-order valence-corrected chi connectivity index (χ4v) is 3.59. The van der Waals surface area contributed by atoms with Gasteiger partial charge in [-0.1, -0.05) is 12.1 Å². The predicted octanol–water partition coefficient (Wildman–Crippen LogP) is 1.77. The maximum Gasteiger partial charge on any atom is 0.415 e. The van der Waals surface area contributed by atoms with Crippen molar-refractivity contribution in [2.45, 2.75) is 0 Å². The van der Waals surface area contributed by atoms with Gasteiger partial charge in [-0.15, -0.1) is 0 Å². The van der Waals surface area contributed by atoms with Crippen molar-refractivity contribution in [2.24, 2.45) is 0 Å². The van der Waals surface area contributed by atoms with E-state index in [0.29, 0.717) is 27.0 Å². The lowest BCUT2D eigenvalue weighted by Crippen LogP contribution is -2.48. The molecule has 8 nitrogen and oxygen atoms in total. The van der Waals surface area contributed by atoms with Crippen LogP contribution in [0.1, 0.15) is 0 Å². The van der Waals surface area contributed by atoms with Crippen molar-refractivity contribution < 1.29 is 19.0 Å². The number of hydrogen-bond donors (Lipinski definition) is 0. The van der Waals surface area contributed by atoms with Gasteiger partial charge in [0, 0.05) is 44.4 Å². The summed E-state index contributed by atoms with van der Waals surface area (Å²) in [6, 6.07) is 9.63. The maximum absolute atomic E-state index is 12.9. The number of carbonyl (C=O) groups is 1. The van der Waals surface area contributed by atoms with Crippen LogP contribution in [-0.2, 0) is 0 Å². The second-order valence-electron chi connectivity index (χ2n) is 6.48. The second-order valence-corrected chi connectivity index (χ2v) is 7.33. The summed E-state index contributed by atoms with van der Waals surface area (Å²) >= 11 is 3.33. The summed E-state index contributed by atoms with van der Waals surface area (Å²) in [5, 5.41) is 25.7. The van der Waals surface area contributed by atoms with Crippen LogP contribution in [0.3, 0.4) is 0 Å². The molecule has 1 aliphatic rings. The molecule has 1 aliphatic heterocycles. The lowest BCUT2D eigenvalue weighted by atomic mass is 10.2. The number of rotatable bonds is 1. The zero-order valence-corrected chi connectivity index (χ0v) is 16.2. The van der Waals surface area contributed by atoms with Gasteiger partial charge in [0.05, 0.1) is 4.47 Å². The van der Waals surface area contributed by atoms with Gasteiger partial charge in [-0.05, 0) is 29.0 Å². The molecule has 0 unspecified atom stereocenters. The highest BCUT2D eigenvalue weighted by Crippen LogP contribution is 2.32. The molecule has 0 aliphatic carbocycles. The van der Waals surface area contributed by atoms with Gasteiger partial charge in [0.25, 0.3) is 16.6 Å². The van der Waals surface area contributed by atoms with Crippen LogP contribution in [0.25, 0.3) is 22.1 Å². The number of fused-ring (bicyclic) bond motifs is 2. The van der Waals surface area contributed by atoms with Gasteiger partial charge < -0.3 is 25.0 Å². The van der Waals surface area contributed by atoms with Crippen LogP contribution in [0.5, 0.6) is 5.75 Å². The number of ether oxygens (including phenoxy) is 1. The molecule has 0 N–H and O–H groups in total. The third kappa shape index (κ3) is 3.02. The zero-order chi connectivity index (χ0) is 19.1. The van der Waals surface area contributed by atoms with Gasteiger partial charge in [0.1, 0.15) is 0 Å². The Bertz CT molecular complexity index is 1050. The van der Waals surface area contributed by atoms with Gasteiger partial charge in [-0.2, -0.15) is 9.46 Å². The predicted molar refractivity (Wildman–Crippen MR) is 102 cm³/mol. The van der Waals surface area contributed by atoms with Crippen molar-refractivity contribution in [3.05, 3.63) is 51.3 Å². The summed E-state index contributed by atoms with van der Waals surface area (Å²) in [6.07, 6.45) is -0.540. The lowest BCUT2D eigenvalue weighted by molar-refractivity contribution is -0.591. The van der Waals surface area contributed by atoms with Gasteiger partial charge in [0.2, 0.25) is 5.75 Å². The van der Waals surface area contributed by atoms with E-state index in [9.17, 15) is 15.2 Å². The van der Waals surface area contributed by atoms with Gasteiger partial charge in [-0.3, -0.25) is 0 Å². The van der Waals surface area contributed by atoms with Gasteiger partial charge >= 0.3 is 11.6 Å². The van der Waals surface area contributed by atoms with Crippen molar-refractivity contribution in [1.29, 1.82) is 0 Å². The summed E-state index contributed by atoms with van der Waals surface area (Å²) in [5.41, 5.74) is 0.599. The van der Waals surface area contributed by atoms with Crippen LogP contribution in [0.2, 0.25) is 0 Å². The molecule has 1 saturated heterocycles. The first-order valence-electron chi connectivity index (χ1n) is 8.48. The molecule has 0 bridgehead atoms. The monoisotopic (exact) mass is 432 g/mol. The minimum absolute atomic E-state index is 0.0144. The molecular formula is C18H17BrN4O4. The summed E-state index contributed by atoms with van der Waals surface area (Å²) in [4.78, 5) is 16.3. The highest BCUT2D eigenvalue weighted by molar-refractivity contribution is 9.10. The number of hydrogen-bond acceptors (Lipinski definition) is 5. The Morgan fingerprint density at radius 3 is 2.30 bits per heavy atom. The Morgan fingerprint density at radius 1 is 1.00 bits per heavy atom. The minimum atomic E-state index is -0.540. The Kier molecular flexibility index (Phi) is 4.48. The van der Waals surface area contributed by atoms with E-state index in [4.69, 9.17) is 4.74 Å². The fraction of sp³-hybridized carbons (Fsp3) is 0.278. The molecule has 140 valence electrons. The normalized spacial score (nSPS) is 15.4. The summed E-state index contributed by atoms with van der Waals surface area (Å²) < 4.78 is 7.31. The Balaban J connectivity index is 1.83.